The van der Waals surface area contributed by atoms with Crippen LogP contribution in [0, 0.1) is 0 Å². The highest BCUT2D eigenvalue weighted by molar-refractivity contribution is 6.30. The zero-order chi connectivity index (χ0) is 16.2. The lowest BCUT2D eigenvalue weighted by Crippen LogP contribution is -2.46. The quantitative estimate of drug-likeness (QED) is 0.818. The molecule has 23 heavy (non-hydrogen) atoms. The summed E-state index contributed by atoms with van der Waals surface area (Å²) in [6, 6.07) is 5.12. The number of aromatic nitrogens is 2. The molecule has 2 aromatic heterocycles. The zero-order valence-electron chi connectivity index (χ0n) is 13.2. The minimum Gasteiger partial charge on any atom is -0.383 e. The van der Waals surface area contributed by atoms with E-state index >= 15 is 0 Å². The Bertz CT molecular complexity index is 726. The molecule has 1 fully saturated rings. The van der Waals surface area contributed by atoms with Crippen LogP contribution in [0.5, 0.6) is 0 Å². The van der Waals surface area contributed by atoms with E-state index in [0.29, 0.717) is 17.2 Å². The maximum absolute atomic E-state index is 12.2. The van der Waals surface area contributed by atoms with E-state index in [1.54, 1.807) is 31.5 Å². The lowest BCUT2D eigenvalue weighted by Gasteiger charge is -2.34. The number of methoxy groups -OCH3 is 1. The van der Waals surface area contributed by atoms with E-state index in [-0.39, 0.29) is 5.56 Å². The largest absolute Gasteiger partial charge is 0.383 e. The van der Waals surface area contributed by atoms with Crippen LogP contribution in [-0.2, 0) is 11.3 Å². The van der Waals surface area contributed by atoms with Gasteiger partial charge in [0.15, 0.2) is 0 Å². The second kappa shape index (κ2) is 7.40. The van der Waals surface area contributed by atoms with Gasteiger partial charge in [0, 0.05) is 58.6 Å². The highest BCUT2D eigenvalue weighted by atomic mass is 35.5. The van der Waals surface area contributed by atoms with Crippen molar-refractivity contribution in [2.45, 2.75) is 6.54 Å². The first-order valence-corrected chi connectivity index (χ1v) is 8.15. The maximum atomic E-state index is 12.2. The lowest BCUT2D eigenvalue weighted by atomic mass is 10.2. The topological polar surface area (TPSA) is 50.1 Å². The molecule has 0 atom stereocenters. The normalized spacial score (nSPS) is 17.0. The standard InChI is InChI=1S/C16H21ClN4O2/c1-23-9-8-19-4-6-20(7-5-19)12-14-10-16(22)21-11-13(17)2-3-15(21)18-14/h2-3,10-11H,4-9,12H2,1H3. The molecular weight excluding hydrogens is 316 g/mol. The monoisotopic (exact) mass is 336 g/mol. The van der Waals surface area contributed by atoms with E-state index < -0.39 is 0 Å². The molecule has 124 valence electrons. The van der Waals surface area contributed by atoms with Gasteiger partial charge in [-0.25, -0.2) is 4.98 Å². The molecule has 3 rings (SSSR count). The van der Waals surface area contributed by atoms with Crippen LogP contribution >= 0.6 is 11.6 Å². The van der Waals surface area contributed by atoms with Crippen molar-refractivity contribution in [2.24, 2.45) is 0 Å². The Balaban J connectivity index is 1.66. The van der Waals surface area contributed by atoms with Crippen molar-refractivity contribution in [3.63, 3.8) is 0 Å². The predicted molar refractivity (Wildman–Crippen MR) is 90.1 cm³/mol. The molecule has 0 amide bonds. The van der Waals surface area contributed by atoms with Crippen molar-refractivity contribution in [1.82, 2.24) is 19.2 Å². The van der Waals surface area contributed by atoms with Crippen molar-refractivity contribution >= 4 is 17.2 Å². The Hall–Kier alpha value is -1.47. The van der Waals surface area contributed by atoms with E-state index in [4.69, 9.17) is 16.3 Å². The summed E-state index contributed by atoms with van der Waals surface area (Å²) in [5.41, 5.74) is 1.35. The van der Waals surface area contributed by atoms with Crippen LogP contribution in [-0.4, -0.2) is 65.6 Å². The van der Waals surface area contributed by atoms with E-state index in [1.165, 1.54) is 4.40 Å². The highest BCUT2D eigenvalue weighted by Gasteiger charge is 2.17. The SMILES string of the molecule is COCCN1CCN(Cc2cc(=O)n3cc(Cl)ccc3n2)CC1. The fraction of sp³-hybridized carbons (Fsp3) is 0.500. The number of nitrogens with zero attached hydrogens (tertiary/aromatic N) is 4. The molecular formula is C16H21ClN4O2. The number of hydrogen-bond donors (Lipinski definition) is 0. The molecule has 3 heterocycles. The van der Waals surface area contributed by atoms with Crippen LogP contribution in [0.2, 0.25) is 5.02 Å². The molecule has 0 N–H and O–H groups in total. The van der Waals surface area contributed by atoms with E-state index in [1.807, 2.05) is 0 Å². The number of pyridine rings is 1. The third-order valence-electron chi connectivity index (χ3n) is 4.14. The van der Waals surface area contributed by atoms with Gasteiger partial charge in [0.05, 0.1) is 17.3 Å². The molecule has 0 saturated carbocycles. The van der Waals surface area contributed by atoms with Crippen LogP contribution in [0.4, 0.5) is 0 Å². The van der Waals surface area contributed by atoms with Gasteiger partial charge in [0.25, 0.3) is 5.56 Å². The zero-order valence-corrected chi connectivity index (χ0v) is 14.0. The molecule has 0 bridgehead atoms. The van der Waals surface area contributed by atoms with Crippen molar-refractivity contribution < 1.29 is 4.74 Å². The van der Waals surface area contributed by atoms with E-state index in [0.717, 1.165) is 45.0 Å². The van der Waals surface area contributed by atoms with E-state index in [2.05, 4.69) is 14.8 Å². The van der Waals surface area contributed by atoms with Crippen LogP contribution in [0.1, 0.15) is 5.69 Å². The molecule has 1 aliphatic heterocycles. The number of ether oxygens (including phenoxy) is 1. The first kappa shape index (κ1) is 16.4. The molecule has 6 nitrogen and oxygen atoms in total. The van der Waals surface area contributed by atoms with Gasteiger partial charge in [-0.15, -0.1) is 0 Å². The number of rotatable bonds is 5. The summed E-state index contributed by atoms with van der Waals surface area (Å²) in [6.45, 7) is 6.44. The Morgan fingerprint density at radius 3 is 2.70 bits per heavy atom. The summed E-state index contributed by atoms with van der Waals surface area (Å²) in [6.07, 6.45) is 1.60. The Morgan fingerprint density at radius 1 is 1.22 bits per heavy atom. The van der Waals surface area contributed by atoms with Gasteiger partial charge < -0.3 is 4.74 Å². The van der Waals surface area contributed by atoms with Gasteiger partial charge in [-0.1, -0.05) is 11.6 Å². The summed E-state index contributed by atoms with van der Waals surface area (Å²) in [4.78, 5) is 21.5. The van der Waals surface area contributed by atoms with Gasteiger partial charge in [-0.05, 0) is 12.1 Å². The summed E-state index contributed by atoms with van der Waals surface area (Å²) in [5, 5.41) is 0.529. The molecule has 2 aromatic rings. The van der Waals surface area contributed by atoms with Crippen molar-refractivity contribution in [1.29, 1.82) is 0 Å². The number of piperazine rings is 1. The smallest absolute Gasteiger partial charge is 0.258 e. The molecule has 1 saturated heterocycles. The van der Waals surface area contributed by atoms with Gasteiger partial charge in [-0.3, -0.25) is 19.0 Å². The summed E-state index contributed by atoms with van der Waals surface area (Å²) < 4.78 is 6.60. The average Bonchev–Trinajstić information content (AvgIpc) is 2.55. The van der Waals surface area contributed by atoms with Crippen LogP contribution in [0.25, 0.3) is 5.65 Å². The van der Waals surface area contributed by atoms with Gasteiger partial charge >= 0.3 is 0 Å². The lowest BCUT2D eigenvalue weighted by molar-refractivity contribution is 0.0932. The molecule has 7 heteroatoms. The van der Waals surface area contributed by atoms with E-state index in [9.17, 15) is 4.79 Å². The van der Waals surface area contributed by atoms with Crippen molar-refractivity contribution in [3.8, 4) is 0 Å². The van der Waals surface area contributed by atoms with Gasteiger partial charge in [0.2, 0.25) is 0 Å². The molecule has 0 aromatic carbocycles. The summed E-state index contributed by atoms with van der Waals surface area (Å²) in [5.74, 6) is 0. The van der Waals surface area contributed by atoms with Gasteiger partial charge in [0.1, 0.15) is 5.65 Å². The van der Waals surface area contributed by atoms with Crippen LogP contribution in [0.15, 0.2) is 29.2 Å². The van der Waals surface area contributed by atoms with Crippen LogP contribution in [0.3, 0.4) is 0 Å². The molecule has 0 unspecified atom stereocenters. The Labute approximate surface area is 140 Å². The fourth-order valence-corrected chi connectivity index (χ4v) is 2.99. The Kier molecular flexibility index (Phi) is 5.27. The summed E-state index contributed by atoms with van der Waals surface area (Å²) >= 11 is 5.93. The first-order chi connectivity index (χ1) is 11.2. The fourth-order valence-electron chi connectivity index (χ4n) is 2.83. The highest BCUT2D eigenvalue weighted by Crippen LogP contribution is 2.10. The van der Waals surface area contributed by atoms with Crippen molar-refractivity contribution in [3.05, 3.63) is 45.5 Å². The molecule has 0 spiro atoms. The predicted octanol–water partition coefficient (Wildman–Crippen LogP) is 1.11. The molecule has 0 radical (unpaired) electrons. The number of halogens is 1. The molecule has 0 aliphatic carbocycles. The van der Waals surface area contributed by atoms with Crippen LogP contribution < -0.4 is 5.56 Å². The summed E-state index contributed by atoms with van der Waals surface area (Å²) in [7, 11) is 1.73. The minimum absolute atomic E-state index is 0.0915. The first-order valence-electron chi connectivity index (χ1n) is 7.77. The van der Waals surface area contributed by atoms with Gasteiger partial charge in [-0.2, -0.15) is 0 Å². The second-order valence-corrected chi connectivity index (χ2v) is 6.21. The second-order valence-electron chi connectivity index (χ2n) is 5.77. The van der Waals surface area contributed by atoms with Crippen molar-refractivity contribution in [2.75, 3.05) is 46.4 Å². The number of hydrogen-bond acceptors (Lipinski definition) is 5. The molecule has 1 aliphatic rings. The third kappa shape index (κ3) is 4.09. The average molecular weight is 337 g/mol. The minimum atomic E-state index is -0.0915. The maximum Gasteiger partial charge on any atom is 0.258 e. The Morgan fingerprint density at radius 2 is 1.96 bits per heavy atom. The number of fused-ring (bicyclic) bond motifs is 1. The third-order valence-corrected chi connectivity index (χ3v) is 4.36.